The number of amides is 2. The molecule has 0 radical (unpaired) electrons. The molecule has 1 aromatic heterocycles. The second kappa shape index (κ2) is 7.97. The Balaban J connectivity index is 1.32. The Labute approximate surface area is 140 Å². The average Bonchev–Trinajstić information content (AvgIpc) is 3.24. The Morgan fingerprint density at radius 2 is 2.22 bits per heavy atom. The van der Waals surface area contributed by atoms with Gasteiger partial charge in [-0.25, -0.2) is 9.78 Å². The van der Waals surface area contributed by atoms with Crippen LogP contribution >= 0.6 is 11.3 Å². The fraction of sp³-hybridized carbons (Fsp3) is 0.412. The van der Waals surface area contributed by atoms with Gasteiger partial charge in [0.2, 0.25) is 0 Å². The third kappa shape index (κ3) is 4.69. The summed E-state index contributed by atoms with van der Waals surface area (Å²) in [6, 6.07) is 10.5. The fourth-order valence-corrected chi connectivity index (χ4v) is 3.48. The minimum Gasteiger partial charge on any atom is -0.346 e. The molecular weight excluding hydrogens is 308 g/mol. The van der Waals surface area contributed by atoms with Crippen molar-refractivity contribution < 1.29 is 4.79 Å². The normalized spacial score (nSPS) is 17.2. The third-order valence-corrected chi connectivity index (χ3v) is 4.82. The van der Waals surface area contributed by atoms with E-state index in [1.54, 1.807) is 11.3 Å². The first kappa shape index (κ1) is 15.8. The van der Waals surface area contributed by atoms with Crippen LogP contribution in [0.1, 0.15) is 18.4 Å². The van der Waals surface area contributed by atoms with Gasteiger partial charge in [-0.2, -0.15) is 0 Å². The molecule has 1 aliphatic rings. The number of carbonyl (C=O) groups is 1. The van der Waals surface area contributed by atoms with Crippen LogP contribution in [0.25, 0.3) is 0 Å². The molecule has 1 aliphatic heterocycles. The Kier molecular flexibility index (Phi) is 5.47. The van der Waals surface area contributed by atoms with E-state index in [4.69, 9.17) is 0 Å². The van der Waals surface area contributed by atoms with E-state index in [-0.39, 0.29) is 12.1 Å². The van der Waals surface area contributed by atoms with E-state index in [2.05, 4.69) is 32.7 Å². The number of urea groups is 1. The van der Waals surface area contributed by atoms with Gasteiger partial charge in [0, 0.05) is 37.3 Å². The lowest BCUT2D eigenvalue weighted by molar-refractivity contribution is 0.237. The SMILES string of the molecule is O=C(NCCCc1ccccc1)NC1CCN(c2nccs2)C1. The first-order valence-corrected chi connectivity index (χ1v) is 8.92. The van der Waals surface area contributed by atoms with Gasteiger partial charge in [-0.1, -0.05) is 30.3 Å². The van der Waals surface area contributed by atoms with E-state index >= 15 is 0 Å². The monoisotopic (exact) mass is 330 g/mol. The summed E-state index contributed by atoms with van der Waals surface area (Å²) in [6.07, 6.45) is 4.73. The Morgan fingerprint density at radius 3 is 3.00 bits per heavy atom. The van der Waals surface area contributed by atoms with Crippen molar-refractivity contribution in [3.05, 3.63) is 47.5 Å². The highest BCUT2D eigenvalue weighted by atomic mass is 32.1. The Morgan fingerprint density at radius 1 is 1.35 bits per heavy atom. The number of thiazole rings is 1. The van der Waals surface area contributed by atoms with Crippen molar-refractivity contribution in [1.29, 1.82) is 0 Å². The maximum Gasteiger partial charge on any atom is 0.315 e. The molecule has 0 saturated carbocycles. The minimum absolute atomic E-state index is 0.0657. The van der Waals surface area contributed by atoms with Gasteiger partial charge in [0.25, 0.3) is 0 Å². The van der Waals surface area contributed by atoms with Crippen LogP contribution in [0.2, 0.25) is 0 Å². The van der Waals surface area contributed by atoms with E-state index in [1.165, 1.54) is 5.56 Å². The summed E-state index contributed by atoms with van der Waals surface area (Å²) < 4.78 is 0. The average molecular weight is 330 g/mol. The lowest BCUT2D eigenvalue weighted by Gasteiger charge is -2.16. The highest BCUT2D eigenvalue weighted by Crippen LogP contribution is 2.22. The molecule has 2 amide bonds. The Hall–Kier alpha value is -2.08. The van der Waals surface area contributed by atoms with E-state index in [0.29, 0.717) is 6.54 Å². The van der Waals surface area contributed by atoms with Gasteiger partial charge >= 0.3 is 6.03 Å². The standard InChI is InChI=1S/C17H22N4OS/c22-16(18-9-4-7-14-5-2-1-3-6-14)20-15-8-11-21(13-15)17-19-10-12-23-17/h1-3,5-6,10,12,15H,4,7-9,11,13H2,(H2,18,20,22). The number of aromatic nitrogens is 1. The summed E-state index contributed by atoms with van der Waals surface area (Å²) in [4.78, 5) is 18.5. The maximum absolute atomic E-state index is 11.9. The fourth-order valence-electron chi connectivity index (χ4n) is 2.80. The third-order valence-electron chi connectivity index (χ3n) is 3.98. The van der Waals surface area contributed by atoms with Crippen molar-refractivity contribution in [2.45, 2.75) is 25.3 Å². The van der Waals surface area contributed by atoms with Crippen molar-refractivity contribution in [1.82, 2.24) is 15.6 Å². The zero-order valence-corrected chi connectivity index (χ0v) is 13.9. The van der Waals surface area contributed by atoms with Crippen LogP contribution in [0.15, 0.2) is 41.9 Å². The summed E-state index contributed by atoms with van der Waals surface area (Å²) in [5.41, 5.74) is 1.31. The number of anilines is 1. The van der Waals surface area contributed by atoms with E-state index in [1.807, 2.05) is 29.8 Å². The number of nitrogens with one attached hydrogen (secondary N) is 2. The number of aryl methyl sites for hydroxylation is 1. The second-order valence-electron chi connectivity index (χ2n) is 5.74. The summed E-state index contributed by atoms with van der Waals surface area (Å²) in [5, 5.41) is 9.02. The molecule has 1 fully saturated rings. The number of hydrogen-bond acceptors (Lipinski definition) is 4. The molecule has 3 rings (SSSR count). The number of hydrogen-bond donors (Lipinski definition) is 2. The highest BCUT2D eigenvalue weighted by molar-refractivity contribution is 7.13. The summed E-state index contributed by atoms with van der Waals surface area (Å²) in [5.74, 6) is 0. The van der Waals surface area contributed by atoms with Gasteiger partial charge in [-0.15, -0.1) is 11.3 Å². The smallest absolute Gasteiger partial charge is 0.315 e. The molecule has 0 spiro atoms. The maximum atomic E-state index is 11.9. The molecule has 1 aromatic carbocycles. The summed E-state index contributed by atoms with van der Waals surface area (Å²) >= 11 is 1.64. The van der Waals surface area contributed by atoms with E-state index < -0.39 is 0 Å². The molecule has 2 N–H and O–H groups in total. The van der Waals surface area contributed by atoms with Crippen LogP contribution in [0.4, 0.5) is 9.93 Å². The van der Waals surface area contributed by atoms with Crippen molar-refractivity contribution in [2.75, 3.05) is 24.5 Å². The molecular formula is C17H22N4OS. The van der Waals surface area contributed by atoms with Crippen LogP contribution < -0.4 is 15.5 Å². The quantitative estimate of drug-likeness (QED) is 0.801. The molecule has 5 nitrogen and oxygen atoms in total. The Bertz CT molecular complexity index is 602. The molecule has 0 aliphatic carbocycles. The molecule has 1 unspecified atom stereocenters. The van der Waals surface area contributed by atoms with Gasteiger partial charge in [0.05, 0.1) is 0 Å². The van der Waals surface area contributed by atoms with Gasteiger partial charge in [-0.3, -0.25) is 0 Å². The molecule has 2 aromatic rings. The first-order chi connectivity index (χ1) is 11.3. The van der Waals surface area contributed by atoms with Gasteiger partial charge in [0.1, 0.15) is 0 Å². The molecule has 122 valence electrons. The van der Waals surface area contributed by atoms with Gasteiger partial charge in [-0.05, 0) is 24.8 Å². The van der Waals surface area contributed by atoms with E-state index in [0.717, 1.165) is 37.5 Å². The predicted octanol–water partition coefficient (Wildman–Crippen LogP) is 2.65. The highest BCUT2D eigenvalue weighted by Gasteiger charge is 2.25. The van der Waals surface area contributed by atoms with Crippen molar-refractivity contribution >= 4 is 22.5 Å². The van der Waals surface area contributed by atoms with Crippen LogP contribution in [0.3, 0.4) is 0 Å². The molecule has 1 atom stereocenters. The predicted molar refractivity (Wildman–Crippen MR) is 94.0 cm³/mol. The molecule has 0 bridgehead atoms. The molecule has 6 heteroatoms. The zero-order valence-electron chi connectivity index (χ0n) is 13.1. The zero-order chi connectivity index (χ0) is 15.9. The largest absolute Gasteiger partial charge is 0.346 e. The van der Waals surface area contributed by atoms with Crippen LogP contribution in [0, 0.1) is 0 Å². The van der Waals surface area contributed by atoms with Crippen molar-refractivity contribution in [3.63, 3.8) is 0 Å². The first-order valence-electron chi connectivity index (χ1n) is 8.04. The molecule has 1 saturated heterocycles. The van der Waals surface area contributed by atoms with Crippen LogP contribution in [-0.2, 0) is 6.42 Å². The van der Waals surface area contributed by atoms with Crippen molar-refractivity contribution in [2.24, 2.45) is 0 Å². The number of rotatable bonds is 6. The van der Waals surface area contributed by atoms with Gasteiger partial charge in [0.15, 0.2) is 5.13 Å². The number of nitrogens with zero attached hydrogens (tertiary/aromatic N) is 2. The lowest BCUT2D eigenvalue weighted by Crippen LogP contribution is -2.43. The van der Waals surface area contributed by atoms with E-state index in [9.17, 15) is 4.79 Å². The topological polar surface area (TPSA) is 57.3 Å². The summed E-state index contributed by atoms with van der Waals surface area (Å²) in [6.45, 7) is 2.49. The van der Waals surface area contributed by atoms with Crippen LogP contribution in [-0.4, -0.2) is 36.7 Å². The minimum atomic E-state index is -0.0657. The molecule has 2 heterocycles. The lowest BCUT2D eigenvalue weighted by atomic mass is 10.1. The number of benzene rings is 1. The van der Waals surface area contributed by atoms with Crippen molar-refractivity contribution in [3.8, 4) is 0 Å². The molecule has 23 heavy (non-hydrogen) atoms. The van der Waals surface area contributed by atoms with Crippen LogP contribution in [0.5, 0.6) is 0 Å². The number of carbonyl (C=O) groups excluding carboxylic acids is 1. The van der Waals surface area contributed by atoms with Gasteiger partial charge < -0.3 is 15.5 Å². The second-order valence-corrected chi connectivity index (χ2v) is 6.61. The summed E-state index contributed by atoms with van der Waals surface area (Å²) in [7, 11) is 0.